The first-order valence-corrected chi connectivity index (χ1v) is 25.1. The second kappa shape index (κ2) is 23.0. The average Bonchev–Trinajstić information content (AvgIpc) is 4.08. The smallest absolute Gasteiger partial charge is 0.324 e. The number of hydrogen-bond acceptors (Lipinski definition) is 12. The number of thiazole rings is 1. The fourth-order valence-corrected chi connectivity index (χ4v) is 10.6. The number of carbonyl (C=O) groups is 5. The number of esters is 1. The molecule has 16 nitrogen and oxygen atoms in total. The van der Waals surface area contributed by atoms with Gasteiger partial charge < -0.3 is 34.1 Å². The highest BCUT2D eigenvalue weighted by atomic mass is 32.1. The summed E-state index contributed by atoms with van der Waals surface area (Å²) in [6, 6.07) is 3.50. The number of aromatic nitrogens is 2. The van der Waals surface area contributed by atoms with Crippen LogP contribution in [-0.2, 0) is 52.8 Å². The molecule has 0 saturated carbocycles. The molecule has 0 aliphatic carbocycles. The van der Waals surface area contributed by atoms with E-state index in [0.29, 0.717) is 56.9 Å². The monoisotopic (exact) mass is 968 g/mol. The van der Waals surface area contributed by atoms with E-state index in [9.17, 15) is 24.0 Å². The van der Waals surface area contributed by atoms with Crippen molar-refractivity contribution < 1.29 is 33.4 Å². The first kappa shape index (κ1) is 52.9. The van der Waals surface area contributed by atoms with Crippen LogP contribution in [0.15, 0.2) is 59.1 Å². The third-order valence-electron chi connectivity index (χ3n) is 13.3. The molecular formula is C52H73N9O7S. The molecule has 69 heavy (non-hydrogen) atoms. The Morgan fingerprint density at radius 2 is 1.90 bits per heavy atom. The number of nitrogens with zero attached hydrogens (tertiary/aromatic N) is 7. The van der Waals surface area contributed by atoms with Crippen LogP contribution >= 0.6 is 11.3 Å². The zero-order valence-corrected chi connectivity index (χ0v) is 43.3. The van der Waals surface area contributed by atoms with Gasteiger partial charge in [0.15, 0.2) is 0 Å². The van der Waals surface area contributed by atoms with Crippen LogP contribution in [-0.4, -0.2) is 150 Å². The van der Waals surface area contributed by atoms with Crippen LogP contribution in [0.2, 0.25) is 0 Å². The molecule has 3 aliphatic heterocycles. The van der Waals surface area contributed by atoms with E-state index in [2.05, 4.69) is 60.9 Å². The van der Waals surface area contributed by atoms with Crippen LogP contribution in [0.1, 0.15) is 84.0 Å². The number of aryl methyl sites for hydroxylation is 1. The third kappa shape index (κ3) is 12.1. The summed E-state index contributed by atoms with van der Waals surface area (Å²) in [6.45, 7) is 20.5. The number of aliphatic imine (C=N–C) groups is 1. The van der Waals surface area contributed by atoms with Crippen molar-refractivity contribution in [2.24, 2.45) is 22.2 Å². The lowest BCUT2D eigenvalue weighted by Gasteiger charge is -2.36. The minimum absolute atomic E-state index is 0.0655. The summed E-state index contributed by atoms with van der Waals surface area (Å²) in [6.07, 6.45) is 8.70. The molecule has 1 aromatic carbocycles. The molecule has 5 atom stereocenters. The lowest BCUT2D eigenvalue weighted by atomic mass is 9.84. The van der Waals surface area contributed by atoms with Gasteiger partial charge in [-0.05, 0) is 84.2 Å². The summed E-state index contributed by atoms with van der Waals surface area (Å²) < 4.78 is 14.2. The van der Waals surface area contributed by atoms with E-state index < -0.39 is 47.2 Å². The average molecular weight is 968 g/mol. The van der Waals surface area contributed by atoms with Crippen LogP contribution in [0, 0.1) is 17.3 Å². The maximum Gasteiger partial charge on any atom is 0.324 e. The van der Waals surface area contributed by atoms with Crippen molar-refractivity contribution in [1.82, 2.24) is 40.0 Å². The van der Waals surface area contributed by atoms with Gasteiger partial charge in [0, 0.05) is 98.4 Å². The Balaban J connectivity index is 1.37. The summed E-state index contributed by atoms with van der Waals surface area (Å²) in [7, 11) is 7.12. The van der Waals surface area contributed by atoms with Crippen LogP contribution in [0.5, 0.6) is 0 Å². The molecule has 2 N–H and O–H groups in total. The number of amides is 4. The van der Waals surface area contributed by atoms with Crippen LogP contribution in [0.25, 0.3) is 27.7 Å². The Morgan fingerprint density at radius 3 is 2.57 bits per heavy atom. The van der Waals surface area contributed by atoms with Crippen molar-refractivity contribution in [3.8, 4) is 11.3 Å². The molecule has 6 rings (SSSR count). The number of allylic oxidation sites excluding steroid dienone is 2. The Bertz CT molecular complexity index is 2480. The van der Waals surface area contributed by atoms with E-state index in [1.807, 2.05) is 58.1 Å². The molecule has 2 saturated heterocycles. The van der Waals surface area contributed by atoms with Crippen molar-refractivity contribution >= 4 is 63.6 Å². The van der Waals surface area contributed by atoms with Crippen molar-refractivity contribution in [2.75, 3.05) is 61.0 Å². The highest BCUT2D eigenvalue weighted by Crippen LogP contribution is 2.40. The molecule has 2 fully saturated rings. The normalized spacial score (nSPS) is 21.4. The minimum Gasteiger partial charge on any atom is -0.464 e. The van der Waals surface area contributed by atoms with E-state index >= 15 is 0 Å². The van der Waals surface area contributed by atoms with Gasteiger partial charge in [-0.25, -0.2) is 10.4 Å². The minimum atomic E-state index is -1.09. The molecule has 5 heterocycles. The Labute approximate surface area is 411 Å². The molecule has 2 aromatic heterocycles. The van der Waals surface area contributed by atoms with Crippen LogP contribution < -0.4 is 10.7 Å². The first-order valence-electron chi connectivity index (χ1n) is 24.2. The van der Waals surface area contributed by atoms with Crippen LogP contribution in [0.4, 0.5) is 0 Å². The molecular weight excluding hydrogens is 895 g/mol. The zero-order chi connectivity index (χ0) is 50.3. The highest BCUT2D eigenvalue weighted by Gasteiger charge is 2.40. The Hall–Kier alpha value is -5.49. The number of carbonyl (C=O) groups excluding carboxylic acids is 5. The number of hydrazine groups is 1. The molecule has 3 aliphatic rings. The molecule has 6 bridgehead atoms. The highest BCUT2D eigenvalue weighted by molar-refractivity contribution is 7.10. The number of nitrogens with one attached hydrogen (secondary N) is 2. The summed E-state index contributed by atoms with van der Waals surface area (Å²) in [5, 5.41) is 8.06. The Morgan fingerprint density at radius 1 is 1.14 bits per heavy atom. The number of benzene rings is 1. The standard InChI is InChI=1S/C52H73N9O7S/c1-13-36(45(53-14-2)33(6)67-12)47-38-28-52(7,8)31-68-51(66)39-18-16-24-61(56-39)50(65)40(27-43-54-41(30-69-43)34-20-21-42(37(38)26-34)60(47)15-3)55-48(63)46(32(4)5)58(11)49(64)35-22-25-59(29-35)44(62)19-17-23-57(9)10/h13-14,17,19-21,26,30,32-33,35,39-40,46,56H,1,15-16,18,22-25,27-29,31H2,2-12H3,(H,55,63)/b19-17+,45-36+,53-14-/t33-,35-,39-,40-,46-/m0/s1. The van der Waals surface area contributed by atoms with Crippen molar-refractivity contribution in [1.29, 1.82) is 0 Å². The van der Waals surface area contributed by atoms with E-state index in [0.717, 1.165) is 44.7 Å². The van der Waals surface area contributed by atoms with Gasteiger partial charge in [0.05, 0.1) is 40.7 Å². The molecule has 0 radical (unpaired) electrons. The first-order chi connectivity index (χ1) is 32.8. The second-order valence-corrected chi connectivity index (χ2v) is 20.7. The lowest BCUT2D eigenvalue weighted by Crippen LogP contribution is -2.62. The maximum atomic E-state index is 14.7. The largest absolute Gasteiger partial charge is 0.464 e. The number of hydrogen-bond donors (Lipinski definition) is 2. The van der Waals surface area contributed by atoms with Crippen molar-refractivity contribution in [3.63, 3.8) is 0 Å². The predicted molar refractivity (Wildman–Crippen MR) is 272 cm³/mol. The zero-order valence-electron chi connectivity index (χ0n) is 42.5. The number of ether oxygens (including phenoxy) is 2. The molecule has 374 valence electrons. The van der Waals surface area contributed by atoms with Crippen molar-refractivity contribution in [2.45, 2.75) is 111 Å². The predicted octanol–water partition coefficient (Wildman–Crippen LogP) is 5.91. The third-order valence-corrected chi connectivity index (χ3v) is 14.2. The molecule has 0 unspecified atom stereocenters. The van der Waals surface area contributed by atoms with Gasteiger partial charge in [-0.15, -0.1) is 11.3 Å². The van der Waals surface area contributed by atoms with Gasteiger partial charge in [-0.2, -0.15) is 0 Å². The summed E-state index contributed by atoms with van der Waals surface area (Å²) in [5.74, 6) is -2.57. The van der Waals surface area contributed by atoms with Gasteiger partial charge >= 0.3 is 5.97 Å². The van der Waals surface area contributed by atoms with Gasteiger partial charge in [-0.3, -0.25) is 34.0 Å². The fraction of sp³-hybridized carbons (Fsp3) is 0.558. The number of likely N-dealkylation sites (tertiary alicyclic amines) is 1. The molecule has 3 aromatic rings. The lowest BCUT2D eigenvalue weighted by molar-refractivity contribution is -0.155. The van der Waals surface area contributed by atoms with Crippen molar-refractivity contribution in [3.05, 3.63) is 70.3 Å². The van der Waals surface area contributed by atoms with E-state index in [-0.39, 0.29) is 43.4 Å². The Kier molecular flexibility index (Phi) is 17.6. The molecule has 4 amide bonds. The molecule has 0 spiro atoms. The van der Waals surface area contributed by atoms with E-state index in [1.165, 1.54) is 21.2 Å². The van der Waals surface area contributed by atoms with Gasteiger partial charge in [0.2, 0.25) is 17.7 Å². The number of cyclic esters (lactones) is 1. The summed E-state index contributed by atoms with van der Waals surface area (Å²) in [4.78, 5) is 85.1. The van der Waals surface area contributed by atoms with Gasteiger partial charge in [0.1, 0.15) is 18.1 Å². The van der Waals surface area contributed by atoms with E-state index in [4.69, 9.17) is 19.5 Å². The topological polar surface area (TPSA) is 171 Å². The van der Waals surface area contributed by atoms with Gasteiger partial charge in [0.25, 0.3) is 5.91 Å². The summed E-state index contributed by atoms with van der Waals surface area (Å²) in [5.41, 5.74) is 8.84. The fourth-order valence-electron chi connectivity index (χ4n) is 9.72. The summed E-state index contributed by atoms with van der Waals surface area (Å²) >= 11 is 1.40. The molecule has 17 heteroatoms. The SMILES string of the molecule is C=C/C(=C(\N=C/C)[C@H](C)OC)c1c2c3cc(ccc3n1CC)-c1csc(n1)C[C@H](NC(=O)[C@H](C(C)C)N(C)C(=O)[C@H]1CCN(C(=O)/C=C/CN(C)C)C1)C(=O)N1CCC[C@H](N1)C(=O)OCC(C)(C)C2. The van der Waals surface area contributed by atoms with Crippen LogP contribution in [0.3, 0.4) is 0 Å². The maximum absolute atomic E-state index is 14.7. The second-order valence-electron chi connectivity index (χ2n) is 19.8. The number of fused-ring (bicyclic) bond motifs is 6. The number of rotatable bonds is 14. The van der Waals surface area contributed by atoms with Gasteiger partial charge in [-0.1, -0.05) is 52.5 Å². The quantitative estimate of drug-likeness (QED) is 0.0858. The number of methoxy groups -OCH3 is 1. The number of likely N-dealkylation sites (N-methyl/N-ethyl adjacent to an activating group) is 2. The van der Waals surface area contributed by atoms with E-state index in [1.54, 1.807) is 37.4 Å².